The Hall–Kier alpha value is -1.77. The van der Waals surface area contributed by atoms with Crippen LogP contribution in [0, 0.1) is 30.3 Å². The van der Waals surface area contributed by atoms with Crippen LogP contribution in [0.1, 0.15) is 67.2 Å². The first kappa shape index (κ1) is 19.0. The van der Waals surface area contributed by atoms with E-state index >= 15 is 0 Å². The van der Waals surface area contributed by atoms with Crippen LogP contribution in [0.25, 0.3) is 0 Å². The molecule has 0 saturated heterocycles. The van der Waals surface area contributed by atoms with Gasteiger partial charge in [0.25, 0.3) is 0 Å². The fourth-order valence-electron chi connectivity index (χ4n) is 4.17. The summed E-state index contributed by atoms with van der Waals surface area (Å²) in [5.74, 6) is -0.818. The average molecular weight is 360 g/mol. The SMILES string of the molecule is CCc1ccc(C2CCC(CCc3ccc(C)cc3F)CC2)c(F)c1F. The van der Waals surface area contributed by atoms with Gasteiger partial charge in [-0.1, -0.05) is 31.2 Å². The van der Waals surface area contributed by atoms with E-state index in [1.165, 1.54) is 0 Å². The van der Waals surface area contributed by atoms with E-state index in [1.807, 2.05) is 26.0 Å². The summed E-state index contributed by atoms with van der Waals surface area (Å²) < 4.78 is 42.4. The zero-order valence-corrected chi connectivity index (χ0v) is 15.6. The van der Waals surface area contributed by atoms with E-state index in [4.69, 9.17) is 0 Å². The molecule has 0 nitrogen and oxygen atoms in total. The molecule has 1 saturated carbocycles. The molecule has 0 N–H and O–H groups in total. The van der Waals surface area contributed by atoms with Gasteiger partial charge in [-0.05, 0) is 92.0 Å². The van der Waals surface area contributed by atoms with Crippen LogP contribution in [0.5, 0.6) is 0 Å². The Kier molecular flexibility index (Phi) is 6.05. The number of rotatable bonds is 5. The molecule has 140 valence electrons. The van der Waals surface area contributed by atoms with Crippen LogP contribution in [0.3, 0.4) is 0 Å². The van der Waals surface area contributed by atoms with Crippen molar-refractivity contribution < 1.29 is 13.2 Å². The number of benzene rings is 2. The van der Waals surface area contributed by atoms with Crippen LogP contribution in [0.2, 0.25) is 0 Å². The Balaban J connectivity index is 1.57. The normalized spacial score (nSPS) is 20.3. The zero-order chi connectivity index (χ0) is 18.7. The molecule has 0 heterocycles. The summed E-state index contributed by atoms with van der Waals surface area (Å²) in [7, 11) is 0. The van der Waals surface area contributed by atoms with Gasteiger partial charge in [0, 0.05) is 0 Å². The van der Waals surface area contributed by atoms with Crippen LogP contribution < -0.4 is 0 Å². The number of hydrogen-bond donors (Lipinski definition) is 0. The van der Waals surface area contributed by atoms with E-state index in [1.54, 1.807) is 18.2 Å². The molecule has 0 unspecified atom stereocenters. The minimum absolute atomic E-state index is 0.0998. The molecule has 0 amide bonds. The first-order valence-electron chi connectivity index (χ1n) is 9.71. The van der Waals surface area contributed by atoms with Crippen molar-refractivity contribution in [2.24, 2.45) is 5.92 Å². The van der Waals surface area contributed by atoms with Crippen molar-refractivity contribution in [1.82, 2.24) is 0 Å². The first-order valence-corrected chi connectivity index (χ1v) is 9.71. The zero-order valence-electron chi connectivity index (χ0n) is 15.6. The summed E-state index contributed by atoms with van der Waals surface area (Å²) in [5.41, 5.74) is 2.69. The maximum absolute atomic E-state index is 14.4. The summed E-state index contributed by atoms with van der Waals surface area (Å²) >= 11 is 0. The molecular formula is C23H27F3. The molecular weight excluding hydrogens is 333 g/mol. The minimum Gasteiger partial charge on any atom is -0.207 e. The molecule has 0 bridgehead atoms. The van der Waals surface area contributed by atoms with Gasteiger partial charge in [0.15, 0.2) is 11.6 Å². The number of aryl methyl sites for hydroxylation is 3. The number of hydrogen-bond acceptors (Lipinski definition) is 0. The lowest BCUT2D eigenvalue weighted by Crippen LogP contribution is -2.16. The molecule has 26 heavy (non-hydrogen) atoms. The molecule has 1 aliphatic carbocycles. The van der Waals surface area contributed by atoms with E-state index < -0.39 is 11.6 Å². The minimum atomic E-state index is -0.679. The molecule has 3 heteroatoms. The van der Waals surface area contributed by atoms with Crippen LogP contribution in [-0.4, -0.2) is 0 Å². The fourth-order valence-corrected chi connectivity index (χ4v) is 4.17. The molecule has 1 fully saturated rings. The second-order valence-corrected chi connectivity index (χ2v) is 7.65. The highest BCUT2D eigenvalue weighted by Crippen LogP contribution is 2.39. The summed E-state index contributed by atoms with van der Waals surface area (Å²) in [6.45, 7) is 3.72. The Morgan fingerprint density at radius 2 is 1.58 bits per heavy atom. The average Bonchev–Trinajstić information content (AvgIpc) is 2.64. The molecule has 0 atom stereocenters. The topological polar surface area (TPSA) is 0 Å². The van der Waals surface area contributed by atoms with Crippen molar-refractivity contribution in [3.63, 3.8) is 0 Å². The Morgan fingerprint density at radius 1 is 0.885 bits per heavy atom. The van der Waals surface area contributed by atoms with Crippen molar-refractivity contribution in [3.05, 3.63) is 70.0 Å². The Bertz CT molecular complexity index is 758. The van der Waals surface area contributed by atoms with E-state index in [0.29, 0.717) is 23.5 Å². The largest absolute Gasteiger partial charge is 0.207 e. The van der Waals surface area contributed by atoms with Crippen LogP contribution >= 0.6 is 0 Å². The summed E-state index contributed by atoms with van der Waals surface area (Å²) in [4.78, 5) is 0. The molecule has 0 spiro atoms. The summed E-state index contributed by atoms with van der Waals surface area (Å²) in [6.07, 6.45) is 5.95. The van der Waals surface area contributed by atoms with Crippen molar-refractivity contribution in [1.29, 1.82) is 0 Å². The van der Waals surface area contributed by atoms with Crippen LogP contribution in [0.15, 0.2) is 30.3 Å². The fraction of sp³-hybridized carbons (Fsp3) is 0.478. The molecule has 0 aliphatic heterocycles. The molecule has 1 aliphatic rings. The van der Waals surface area contributed by atoms with Gasteiger partial charge >= 0.3 is 0 Å². The van der Waals surface area contributed by atoms with Crippen LogP contribution in [-0.2, 0) is 12.8 Å². The lowest BCUT2D eigenvalue weighted by atomic mass is 9.76. The van der Waals surface area contributed by atoms with Gasteiger partial charge in [0.05, 0.1) is 0 Å². The second-order valence-electron chi connectivity index (χ2n) is 7.65. The van der Waals surface area contributed by atoms with E-state index in [2.05, 4.69) is 0 Å². The smallest absolute Gasteiger partial charge is 0.162 e. The first-order chi connectivity index (χ1) is 12.5. The predicted octanol–water partition coefficient (Wildman–Crippen LogP) is 6.88. The van der Waals surface area contributed by atoms with Crippen molar-refractivity contribution in [2.75, 3.05) is 0 Å². The summed E-state index contributed by atoms with van der Waals surface area (Å²) in [6, 6.07) is 8.91. The standard InChI is InChI=1S/C23H27F3/c1-3-17-12-13-20(23(26)22(17)25)18-9-5-16(6-10-18)7-11-19-8-4-15(2)14-21(19)24/h4,8,12-14,16,18H,3,5-7,9-11H2,1-2H3. The second kappa shape index (κ2) is 8.28. The van der Waals surface area contributed by atoms with E-state index in [0.717, 1.165) is 49.7 Å². The van der Waals surface area contributed by atoms with Gasteiger partial charge in [-0.2, -0.15) is 0 Å². The molecule has 3 rings (SSSR count). The predicted molar refractivity (Wildman–Crippen MR) is 99.9 cm³/mol. The lowest BCUT2D eigenvalue weighted by molar-refractivity contribution is 0.304. The van der Waals surface area contributed by atoms with Crippen molar-refractivity contribution in [3.8, 4) is 0 Å². The van der Waals surface area contributed by atoms with Crippen LogP contribution in [0.4, 0.5) is 13.2 Å². The van der Waals surface area contributed by atoms with Gasteiger partial charge in [0.2, 0.25) is 0 Å². The molecule has 2 aromatic rings. The van der Waals surface area contributed by atoms with Gasteiger partial charge in [-0.3, -0.25) is 0 Å². The highest BCUT2D eigenvalue weighted by atomic mass is 19.2. The van der Waals surface area contributed by atoms with E-state index in [9.17, 15) is 13.2 Å². The monoisotopic (exact) mass is 360 g/mol. The van der Waals surface area contributed by atoms with Crippen molar-refractivity contribution in [2.45, 2.75) is 64.7 Å². The summed E-state index contributed by atoms with van der Waals surface area (Å²) in [5, 5.41) is 0. The maximum atomic E-state index is 14.4. The Labute approximate surface area is 154 Å². The van der Waals surface area contributed by atoms with Gasteiger partial charge in [-0.15, -0.1) is 0 Å². The van der Waals surface area contributed by atoms with E-state index in [-0.39, 0.29) is 11.7 Å². The molecule has 2 aromatic carbocycles. The third-order valence-electron chi connectivity index (χ3n) is 5.89. The van der Waals surface area contributed by atoms with Gasteiger partial charge in [-0.25, -0.2) is 13.2 Å². The highest BCUT2D eigenvalue weighted by molar-refractivity contribution is 5.29. The van der Waals surface area contributed by atoms with Gasteiger partial charge in [0.1, 0.15) is 5.82 Å². The Morgan fingerprint density at radius 3 is 2.23 bits per heavy atom. The molecule has 0 aromatic heterocycles. The quantitative estimate of drug-likeness (QED) is 0.545. The maximum Gasteiger partial charge on any atom is 0.162 e. The molecule has 0 radical (unpaired) electrons. The van der Waals surface area contributed by atoms with Crippen molar-refractivity contribution >= 4 is 0 Å². The lowest BCUT2D eigenvalue weighted by Gasteiger charge is -2.29. The van der Waals surface area contributed by atoms with Gasteiger partial charge < -0.3 is 0 Å². The number of halogens is 3. The third-order valence-corrected chi connectivity index (χ3v) is 5.89. The highest BCUT2D eigenvalue weighted by Gasteiger charge is 2.26. The third kappa shape index (κ3) is 4.13.